The Morgan fingerprint density at radius 1 is 0.688 bits per heavy atom. The summed E-state index contributed by atoms with van der Waals surface area (Å²) >= 11 is 0. The fourth-order valence-corrected chi connectivity index (χ4v) is 4.06. The van der Waals surface area contributed by atoms with Crippen molar-refractivity contribution in [3.63, 3.8) is 0 Å². The first-order valence-corrected chi connectivity index (χ1v) is 10.5. The number of aromatic amines is 2. The van der Waals surface area contributed by atoms with Gasteiger partial charge in [0.15, 0.2) is 0 Å². The highest BCUT2D eigenvalue weighted by Gasteiger charge is 2.11. The molecule has 32 heavy (non-hydrogen) atoms. The SMILES string of the molecule is NCc1cccnc1-c1cc2cc3nc(cc4ccc(cc5nc(cc1[nH]2)C=C5)[nH]4)C=C3. The molecule has 6 heterocycles. The van der Waals surface area contributed by atoms with Crippen molar-refractivity contribution in [2.45, 2.75) is 6.54 Å². The Morgan fingerprint density at radius 2 is 1.31 bits per heavy atom. The normalized spacial score (nSPS) is 12.4. The van der Waals surface area contributed by atoms with Crippen LogP contribution < -0.4 is 5.73 Å². The molecule has 0 saturated carbocycles. The van der Waals surface area contributed by atoms with Gasteiger partial charge in [-0.15, -0.1) is 0 Å². The number of hydrogen-bond acceptors (Lipinski definition) is 4. The highest BCUT2D eigenvalue weighted by molar-refractivity contribution is 5.87. The largest absolute Gasteiger partial charge is 0.355 e. The van der Waals surface area contributed by atoms with Crippen LogP contribution in [0.4, 0.5) is 0 Å². The summed E-state index contributed by atoms with van der Waals surface area (Å²) in [4.78, 5) is 21.0. The van der Waals surface area contributed by atoms with Crippen LogP contribution in [0.25, 0.3) is 57.6 Å². The van der Waals surface area contributed by atoms with Gasteiger partial charge in [0.05, 0.1) is 34.0 Å². The summed E-state index contributed by atoms with van der Waals surface area (Å²) in [5, 5.41) is 0. The molecular weight excluding hydrogens is 396 g/mol. The van der Waals surface area contributed by atoms with Crippen molar-refractivity contribution in [3.8, 4) is 11.3 Å². The first-order valence-electron chi connectivity index (χ1n) is 10.5. The molecule has 0 spiro atoms. The number of nitrogens with one attached hydrogen (secondary N) is 2. The lowest BCUT2D eigenvalue weighted by Gasteiger charge is -2.04. The highest BCUT2D eigenvalue weighted by Crippen LogP contribution is 2.28. The first-order chi connectivity index (χ1) is 15.7. The smallest absolute Gasteiger partial charge is 0.0768 e. The van der Waals surface area contributed by atoms with Crippen molar-refractivity contribution in [2.24, 2.45) is 5.73 Å². The number of hydrogen-bond donors (Lipinski definition) is 3. The van der Waals surface area contributed by atoms with E-state index in [2.05, 4.69) is 21.0 Å². The quantitative estimate of drug-likeness (QED) is 0.362. The van der Waals surface area contributed by atoms with Crippen molar-refractivity contribution >= 4 is 46.4 Å². The Balaban J connectivity index is 1.68. The van der Waals surface area contributed by atoms with Crippen LogP contribution in [0.2, 0.25) is 0 Å². The van der Waals surface area contributed by atoms with Crippen LogP contribution in [0.5, 0.6) is 0 Å². The van der Waals surface area contributed by atoms with Crippen molar-refractivity contribution in [1.29, 1.82) is 0 Å². The summed E-state index contributed by atoms with van der Waals surface area (Å²) in [5.74, 6) is 0. The molecule has 0 radical (unpaired) electrons. The maximum absolute atomic E-state index is 6.00. The van der Waals surface area contributed by atoms with Crippen LogP contribution in [0.1, 0.15) is 28.3 Å². The van der Waals surface area contributed by atoms with E-state index in [4.69, 9.17) is 15.7 Å². The molecule has 8 bridgehead atoms. The van der Waals surface area contributed by atoms with Gasteiger partial charge in [-0.05, 0) is 78.4 Å². The summed E-state index contributed by atoms with van der Waals surface area (Å²) in [6.45, 7) is 0.419. The summed E-state index contributed by atoms with van der Waals surface area (Å²) < 4.78 is 0. The number of nitrogens with two attached hydrogens (primary N) is 1. The van der Waals surface area contributed by atoms with E-state index < -0.39 is 0 Å². The average Bonchev–Trinajstić information content (AvgIpc) is 3.59. The number of aromatic nitrogens is 5. The second-order valence-corrected chi connectivity index (χ2v) is 7.80. The molecule has 154 valence electrons. The number of nitrogens with zero attached hydrogens (tertiary/aromatic N) is 3. The molecule has 6 nitrogen and oxygen atoms in total. The minimum atomic E-state index is 0.419. The van der Waals surface area contributed by atoms with Crippen LogP contribution in [0.3, 0.4) is 0 Å². The number of rotatable bonds is 2. The van der Waals surface area contributed by atoms with E-state index in [1.807, 2.05) is 72.8 Å². The van der Waals surface area contributed by atoms with Crippen LogP contribution in [-0.2, 0) is 6.54 Å². The molecule has 6 rings (SSSR count). The molecule has 0 unspecified atom stereocenters. The van der Waals surface area contributed by atoms with Crippen LogP contribution in [0.15, 0.2) is 60.8 Å². The van der Waals surface area contributed by atoms with Gasteiger partial charge in [0.2, 0.25) is 0 Å². The number of fused-ring (bicyclic) bond motifs is 8. The Labute approximate surface area is 184 Å². The van der Waals surface area contributed by atoms with Gasteiger partial charge in [0.25, 0.3) is 0 Å². The Bertz CT molecular complexity index is 1570. The van der Waals surface area contributed by atoms with Gasteiger partial charge in [-0.1, -0.05) is 6.07 Å². The van der Waals surface area contributed by atoms with Crippen LogP contribution >= 0.6 is 0 Å². The molecule has 0 amide bonds. The second kappa shape index (κ2) is 7.44. The predicted molar refractivity (Wildman–Crippen MR) is 130 cm³/mol. The van der Waals surface area contributed by atoms with Crippen molar-refractivity contribution in [1.82, 2.24) is 24.9 Å². The Morgan fingerprint density at radius 3 is 1.97 bits per heavy atom. The Hall–Kier alpha value is -4.29. The van der Waals surface area contributed by atoms with Gasteiger partial charge in [-0.2, -0.15) is 0 Å². The lowest BCUT2D eigenvalue weighted by atomic mass is 10.1. The predicted octanol–water partition coefficient (Wildman–Crippen LogP) is 5.18. The van der Waals surface area contributed by atoms with Gasteiger partial charge in [0, 0.05) is 34.9 Å². The van der Waals surface area contributed by atoms with E-state index in [1.54, 1.807) is 6.20 Å². The molecule has 2 aliphatic heterocycles. The minimum absolute atomic E-state index is 0.419. The van der Waals surface area contributed by atoms with Gasteiger partial charge in [-0.3, -0.25) is 4.98 Å². The third-order valence-corrected chi connectivity index (χ3v) is 5.53. The number of pyridine rings is 1. The standard InChI is InChI=1S/C26H20N6/c27-15-16-2-1-9-28-26(16)24-13-23-12-21-6-5-19(30-21)10-17-3-4-18(29-17)11-20-7-8-22(31-20)14-25(24)32-23/h1-14,29,32H,15,27H2. The third-order valence-electron chi connectivity index (χ3n) is 5.53. The molecule has 4 aromatic heterocycles. The lowest BCUT2D eigenvalue weighted by Crippen LogP contribution is -2.00. The summed E-state index contributed by atoms with van der Waals surface area (Å²) in [7, 11) is 0. The monoisotopic (exact) mass is 416 g/mol. The topological polar surface area (TPSA) is 96.3 Å². The average molecular weight is 416 g/mol. The van der Waals surface area contributed by atoms with Gasteiger partial charge in [-0.25, -0.2) is 9.97 Å². The Kier molecular flexibility index (Phi) is 4.30. The minimum Gasteiger partial charge on any atom is -0.355 e. The lowest BCUT2D eigenvalue weighted by molar-refractivity contribution is 1.05. The summed E-state index contributed by atoms with van der Waals surface area (Å²) in [6, 6.07) is 18.2. The molecule has 2 aliphatic rings. The molecule has 0 aromatic carbocycles. The first kappa shape index (κ1) is 18.5. The van der Waals surface area contributed by atoms with E-state index in [0.29, 0.717) is 6.54 Å². The molecule has 0 fully saturated rings. The molecule has 4 N–H and O–H groups in total. The van der Waals surface area contributed by atoms with E-state index in [0.717, 1.165) is 61.7 Å². The highest BCUT2D eigenvalue weighted by atomic mass is 14.8. The maximum atomic E-state index is 6.00. The molecule has 0 aliphatic carbocycles. The van der Waals surface area contributed by atoms with E-state index in [1.165, 1.54) is 0 Å². The van der Waals surface area contributed by atoms with Gasteiger partial charge < -0.3 is 15.7 Å². The van der Waals surface area contributed by atoms with Crippen LogP contribution in [0, 0.1) is 0 Å². The second-order valence-electron chi connectivity index (χ2n) is 7.80. The summed E-state index contributed by atoms with van der Waals surface area (Å²) in [5.41, 5.74) is 16.3. The van der Waals surface area contributed by atoms with Crippen molar-refractivity contribution in [3.05, 3.63) is 89.1 Å². The van der Waals surface area contributed by atoms with E-state index in [9.17, 15) is 0 Å². The zero-order valence-corrected chi connectivity index (χ0v) is 17.2. The number of H-pyrrole nitrogens is 2. The van der Waals surface area contributed by atoms with Gasteiger partial charge in [0.1, 0.15) is 0 Å². The molecule has 0 saturated heterocycles. The fraction of sp³-hybridized carbons (Fsp3) is 0.0385. The zero-order valence-electron chi connectivity index (χ0n) is 17.2. The van der Waals surface area contributed by atoms with Crippen LogP contribution in [-0.4, -0.2) is 24.9 Å². The molecule has 4 aromatic rings. The molecule has 6 heteroatoms. The van der Waals surface area contributed by atoms with Gasteiger partial charge >= 0.3 is 0 Å². The van der Waals surface area contributed by atoms with E-state index in [-0.39, 0.29) is 0 Å². The third kappa shape index (κ3) is 3.42. The molecular formula is C26H20N6. The molecule has 0 atom stereocenters. The maximum Gasteiger partial charge on any atom is 0.0768 e. The van der Waals surface area contributed by atoms with E-state index >= 15 is 0 Å². The fourth-order valence-electron chi connectivity index (χ4n) is 4.06. The van der Waals surface area contributed by atoms with Crippen molar-refractivity contribution in [2.75, 3.05) is 0 Å². The van der Waals surface area contributed by atoms with Crippen molar-refractivity contribution < 1.29 is 0 Å². The zero-order chi connectivity index (χ0) is 21.5. The summed E-state index contributed by atoms with van der Waals surface area (Å²) in [6.07, 6.45) is 9.85.